The SMILES string of the molecule is CC(=O)C(=O)[O-].O=C([O-])c1ccccc1C(=O)[O-].[Ti+3]. The summed E-state index contributed by atoms with van der Waals surface area (Å²) in [5.74, 6) is -5.60. The Morgan fingerprint density at radius 3 is 1.26 bits per heavy atom. The van der Waals surface area contributed by atoms with Crippen molar-refractivity contribution in [2.45, 2.75) is 6.92 Å². The summed E-state index contributed by atoms with van der Waals surface area (Å²) in [6, 6.07) is 5.14. The number of benzene rings is 1. The number of carboxylic acids is 3. The number of Topliss-reactive ketones (excluding diaryl/α,β-unsaturated/α-hetero) is 1. The van der Waals surface area contributed by atoms with Crippen LogP contribution in [0, 0.1) is 0 Å². The first-order chi connectivity index (χ1) is 8.27. The number of rotatable bonds is 3. The predicted octanol–water partition coefficient (Wildman–Crippen LogP) is -3.26. The fourth-order valence-electron chi connectivity index (χ4n) is 0.839. The Kier molecular flexibility index (Phi) is 9.18. The van der Waals surface area contributed by atoms with Gasteiger partial charge in [0.15, 0.2) is 5.78 Å². The van der Waals surface area contributed by atoms with Crippen LogP contribution in [0.4, 0.5) is 0 Å². The molecule has 0 unspecified atom stereocenters. The summed E-state index contributed by atoms with van der Waals surface area (Å²) >= 11 is 0. The van der Waals surface area contributed by atoms with Gasteiger partial charge in [-0.1, -0.05) is 24.3 Å². The minimum Gasteiger partial charge on any atom is -0.545 e. The molecule has 7 nitrogen and oxygen atoms in total. The molecule has 1 aromatic carbocycles. The molecule has 0 bridgehead atoms. The van der Waals surface area contributed by atoms with Crippen molar-refractivity contribution in [3.8, 4) is 0 Å². The molecule has 1 rings (SSSR count). The van der Waals surface area contributed by atoms with Gasteiger partial charge in [-0.15, -0.1) is 0 Å². The van der Waals surface area contributed by atoms with Crippen molar-refractivity contribution >= 4 is 23.7 Å². The third kappa shape index (κ3) is 7.12. The maximum Gasteiger partial charge on any atom is 3.00 e. The maximum absolute atomic E-state index is 10.3. The largest absolute Gasteiger partial charge is 3.00 e. The molecule has 1 aromatic rings. The van der Waals surface area contributed by atoms with Gasteiger partial charge < -0.3 is 29.7 Å². The van der Waals surface area contributed by atoms with Crippen LogP contribution in [0.5, 0.6) is 0 Å². The summed E-state index contributed by atoms with van der Waals surface area (Å²) in [5.41, 5.74) is -0.727. The number of carbonyl (C=O) groups excluding carboxylic acids is 4. The fourth-order valence-corrected chi connectivity index (χ4v) is 0.839. The molecule has 0 atom stereocenters. The van der Waals surface area contributed by atoms with E-state index >= 15 is 0 Å². The van der Waals surface area contributed by atoms with E-state index in [4.69, 9.17) is 0 Å². The zero-order valence-electron chi connectivity index (χ0n) is 9.67. The third-order valence-corrected chi connectivity index (χ3v) is 1.65. The normalized spacial score (nSPS) is 8.26. The van der Waals surface area contributed by atoms with Crippen LogP contribution in [0.25, 0.3) is 0 Å². The topological polar surface area (TPSA) is 137 Å². The molecule has 0 fully saturated rings. The van der Waals surface area contributed by atoms with Crippen molar-refractivity contribution in [2.24, 2.45) is 0 Å². The van der Waals surface area contributed by atoms with E-state index in [9.17, 15) is 34.5 Å². The van der Waals surface area contributed by atoms with Crippen molar-refractivity contribution in [3.63, 3.8) is 0 Å². The van der Waals surface area contributed by atoms with Crippen LogP contribution in [-0.2, 0) is 31.3 Å². The molecule has 0 heterocycles. The molecule has 1 radical (unpaired) electrons. The second kappa shape index (κ2) is 9.01. The average molecular weight is 299 g/mol. The van der Waals surface area contributed by atoms with Crippen molar-refractivity contribution in [2.75, 3.05) is 0 Å². The summed E-state index contributed by atoms with van der Waals surface area (Å²) in [7, 11) is 0. The summed E-state index contributed by atoms with van der Waals surface area (Å²) in [6.07, 6.45) is 0. The number of carbonyl (C=O) groups is 4. The molecule has 0 aliphatic rings. The Labute approximate surface area is 122 Å². The predicted molar refractivity (Wildman–Crippen MR) is 50.8 cm³/mol. The van der Waals surface area contributed by atoms with Crippen LogP contribution in [0.2, 0.25) is 0 Å². The first-order valence-electron chi connectivity index (χ1n) is 4.51. The number of aromatic carboxylic acids is 2. The molecule has 0 N–H and O–H groups in total. The number of hydrogen-bond donors (Lipinski definition) is 0. The van der Waals surface area contributed by atoms with Gasteiger partial charge in [0.2, 0.25) is 0 Å². The van der Waals surface area contributed by atoms with E-state index in [0.29, 0.717) is 0 Å². The van der Waals surface area contributed by atoms with Gasteiger partial charge in [0.05, 0.1) is 11.9 Å². The van der Waals surface area contributed by atoms with Crippen LogP contribution < -0.4 is 15.3 Å². The smallest absolute Gasteiger partial charge is 0.545 e. The van der Waals surface area contributed by atoms with Gasteiger partial charge in [0, 0.05) is 18.1 Å². The minimum atomic E-state index is -1.63. The number of carboxylic acid groups (broad SMARTS) is 3. The Morgan fingerprint density at radius 1 is 0.842 bits per heavy atom. The van der Waals surface area contributed by atoms with E-state index in [-0.39, 0.29) is 32.8 Å². The quantitative estimate of drug-likeness (QED) is 0.421. The monoisotopic (exact) mass is 299 g/mol. The van der Waals surface area contributed by atoms with E-state index in [2.05, 4.69) is 0 Å². The number of aliphatic carboxylic acids is 1. The van der Waals surface area contributed by atoms with Gasteiger partial charge in [-0.05, 0) is 0 Å². The standard InChI is InChI=1S/C8H6O4.C3H4O3.Ti/c9-7(10)5-3-1-2-4-6(5)8(11)12;1-2(4)3(5)6;/h1-4H,(H,9,10)(H,11,12);1H3,(H,5,6);/q;;+3/p-3. The van der Waals surface area contributed by atoms with E-state index in [0.717, 1.165) is 19.1 Å². The molecule has 0 amide bonds. The minimum absolute atomic E-state index is 0. The molecule has 0 aromatic heterocycles. The summed E-state index contributed by atoms with van der Waals surface area (Å²) < 4.78 is 0. The van der Waals surface area contributed by atoms with Gasteiger partial charge in [-0.3, -0.25) is 4.79 Å². The van der Waals surface area contributed by atoms with Gasteiger partial charge in [0.1, 0.15) is 5.97 Å². The van der Waals surface area contributed by atoms with E-state index in [1.54, 1.807) is 0 Å². The molecule has 0 saturated carbocycles. The Balaban J connectivity index is 0. The molecule has 97 valence electrons. The van der Waals surface area contributed by atoms with Gasteiger partial charge in [0.25, 0.3) is 0 Å². The molecule has 0 aliphatic carbocycles. The molecule has 0 aliphatic heterocycles. The average Bonchev–Trinajstić information content (AvgIpc) is 2.29. The van der Waals surface area contributed by atoms with Gasteiger partial charge in [-0.25, -0.2) is 0 Å². The van der Waals surface area contributed by atoms with Crippen LogP contribution in [-0.4, -0.2) is 23.7 Å². The maximum atomic E-state index is 10.3. The molecule has 0 spiro atoms. The zero-order chi connectivity index (χ0) is 14.3. The second-order valence-corrected chi connectivity index (χ2v) is 2.96. The molecule has 0 saturated heterocycles. The van der Waals surface area contributed by atoms with E-state index in [1.807, 2.05) is 0 Å². The third-order valence-electron chi connectivity index (χ3n) is 1.65. The van der Waals surface area contributed by atoms with E-state index in [1.165, 1.54) is 12.1 Å². The van der Waals surface area contributed by atoms with Crippen LogP contribution in [0.3, 0.4) is 0 Å². The van der Waals surface area contributed by atoms with Gasteiger partial charge >= 0.3 is 21.7 Å². The summed E-state index contributed by atoms with van der Waals surface area (Å²) in [4.78, 5) is 39.4. The molecular formula is C11H7O7Ti. The molecule has 8 heteroatoms. The first-order valence-corrected chi connectivity index (χ1v) is 4.51. The van der Waals surface area contributed by atoms with Crippen molar-refractivity contribution < 1.29 is 56.2 Å². The van der Waals surface area contributed by atoms with Crippen LogP contribution >= 0.6 is 0 Å². The Hall–Kier alpha value is -1.99. The summed E-state index contributed by atoms with van der Waals surface area (Å²) in [6.45, 7) is 0.940. The number of hydrogen-bond acceptors (Lipinski definition) is 7. The fraction of sp³-hybridized carbons (Fsp3) is 0.0909. The Bertz CT molecular complexity index is 451. The first kappa shape index (κ1) is 19.4. The van der Waals surface area contributed by atoms with Gasteiger partial charge in [-0.2, -0.15) is 0 Å². The van der Waals surface area contributed by atoms with Crippen molar-refractivity contribution in [1.29, 1.82) is 0 Å². The Morgan fingerprint density at radius 2 is 1.11 bits per heavy atom. The molecular weight excluding hydrogens is 292 g/mol. The number of ketones is 1. The summed E-state index contributed by atoms with van der Waals surface area (Å²) in [5, 5.41) is 29.9. The zero-order valence-corrected chi connectivity index (χ0v) is 11.2. The molecule has 19 heavy (non-hydrogen) atoms. The van der Waals surface area contributed by atoms with Crippen LogP contribution in [0.15, 0.2) is 24.3 Å². The van der Waals surface area contributed by atoms with Crippen LogP contribution in [0.1, 0.15) is 27.6 Å². The van der Waals surface area contributed by atoms with E-state index < -0.39 is 23.7 Å². The van der Waals surface area contributed by atoms with Crippen molar-refractivity contribution in [1.82, 2.24) is 0 Å². The van der Waals surface area contributed by atoms with Crippen molar-refractivity contribution in [3.05, 3.63) is 35.4 Å². The second-order valence-electron chi connectivity index (χ2n) is 2.96.